The van der Waals surface area contributed by atoms with Crippen molar-refractivity contribution in [1.29, 1.82) is 0 Å². The highest BCUT2D eigenvalue weighted by atomic mass is 32.2. The summed E-state index contributed by atoms with van der Waals surface area (Å²) >= 11 is 0. The normalized spacial score (nSPS) is 12.7. The number of allylic oxidation sites excluding steroid dienone is 1. The molecule has 29 heteroatoms. The van der Waals surface area contributed by atoms with Crippen molar-refractivity contribution in [2.24, 2.45) is 0 Å². The second-order valence-electron chi connectivity index (χ2n) is 18.7. The summed E-state index contributed by atoms with van der Waals surface area (Å²) in [4.78, 5) is 47.4. The first-order valence-electron chi connectivity index (χ1n) is 26.8. The van der Waals surface area contributed by atoms with Crippen LogP contribution in [0, 0.1) is 0 Å². The van der Waals surface area contributed by atoms with Gasteiger partial charge in [-0.2, -0.15) is 61.5 Å². The first kappa shape index (κ1) is 81.2. The van der Waals surface area contributed by atoms with E-state index in [2.05, 4.69) is 168 Å². The van der Waals surface area contributed by atoms with Crippen molar-refractivity contribution in [2.75, 3.05) is 19.8 Å². The van der Waals surface area contributed by atoms with Crippen molar-refractivity contribution in [3.05, 3.63) is 242 Å². The molecule has 0 bridgehead atoms. The summed E-state index contributed by atoms with van der Waals surface area (Å²) in [5.74, 6) is -4.21. The van der Waals surface area contributed by atoms with Gasteiger partial charge in [0.25, 0.3) is 12.2 Å². The number of carbonyl (C=O) groups excluding carboxylic acids is 4. The summed E-state index contributed by atoms with van der Waals surface area (Å²) in [5.41, 5.74) is 1.58. The van der Waals surface area contributed by atoms with E-state index in [1.54, 1.807) is 49.4 Å². The molecule has 94 heavy (non-hydrogen) atoms. The molecule has 1 aliphatic rings. The van der Waals surface area contributed by atoms with Gasteiger partial charge in [0.2, 0.25) is 0 Å². The predicted molar refractivity (Wildman–Crippen MR) is 319 cm³/mol. The fraction of sp³-hybridized carbons (Fsp3) is 0.231. The van der Waals surface area contributed by atoms with E-state index in [1.165, 1.54) is 25.8 Å². The molecule has 0 heterocycles. The second kappa shape index (κ2) is 37.7. The van der Waals surface area contributed by atoms with Crippen LogP contribution in [0.3, 0.4) is 0 Å². The number of hydrogen-bond acceptors (Lipinski definition) is 13. The molecule has 0 fully saturated rings. The Hall–Kier alpha value is -8.90. The number of fused-ring (bicyclic) bond motifs is 1. The highest BCUT2D eigenvalue weighted by molar-refractivity contribution is 7.97. The third kappa shape index (κ3) is 28.1. The van der Waals surface area contributed by atoms with E-state index in [-0.39, 0.29) is 54.4 Å². The molecule has 2 atom stereocenters. The van der Waals surface area contributed by atoms with Crippen LogP contribution in [-0.2, 0) is 60.8 Å². The number of aliphatic hydroxyl groups is 1. The Morgan fingerprint density at radius 2 is 1.03 bits per heavy atom. The molecule has 2 unspecified atom stereocenters. The maximum Gasteiger partial charge on any atom is 0.434 e. The Labute approximate surface area is 534 Å². The van der Waals surface area contributed by atoms with Crippen molar-refractivity contribution in [3.63, 3.8) is 0 Å². The van der Waals surface area contributed by atoms with Gasteiger partial charge < -0.3 is 33.3 Å². The van der Waals surface area contributed by atoms with Crippen LogP contribution in [0.2, 0.25) is 0 Å². The van der Waals surface area contributed by atoms with Gasteiger partial charge in [-0.05, 0) is 97.6 Å². The summed E-state index contributed by atoms with van der Waals surface area (Å²) in [5, 5.41) is 3.26. The van der Waals surface area contributed by atoms with Crippen LogP contribution in [0.5, 0.6) is 5.75 Å². The fourth-order valence-corrected chi connectivity index (χ4v) is 9.24. The van der Waals surface area contributed by atoms with Crippen LogP contribution < -0.4 is 4.74 Å². The largest absolute Gasteiger partial charge is 0.743 e. The molecule has 0 aliphatic heterocycles. The Morgan fingerprint density at radius 1 is 0.617 bits per heavy atom. The zero-order chi connectivity index (χ0) is 71.1. The third-order valence-electron chi connectivity index (χ3n) is 11.5. The molecule has 508 valence electrons. The maximum atomic E-state index is 12.7. The lowest BCUT2D eigenvalue weighted by atomic mass is 10.0. The topological polar surface area (TPSA) is 192 Å². The van der Waals surface area contributed by atoms with E-state index >= 15 is 0 Å². The number of halogens is 14. The minimum absolute atomic E-state index is 0.0146. The molecule has 0 spiro atoms. The molecular formula is C65H60F14O13S2. The lowest BCUT2D eigenvalue weighted by molar-refractivity contribution is -0.312. The average molecular weight is 1380 g/mol. The zero-order valence-corrected chi connectivity index (χ0v) is 51.2. The van der Waals surface area contributed by atoms with Crippen molar-refractivity contribution >= 4 is 57.0 Å². The monoisotopic (exact) mass is 1380 g/mol. The molecule has 6 aromatic carbocycles. The summed E-state index contributed by atoms with van der Waals surface area (Å²) in [6.45, 7) is 14.2. The van der Waals surface area contributed by atoms with Gasteiger partial charge in [-0.1, -0.05) is 154 Å². The van der Waals surface area contributed by atoms with Crippen LogP contribution in [0.15, 0.2) is 235 Å². The molecule has 0 amide bonds. The Balaban J connectivity index is 0.000000388. The van der Waals surface area contributed by atoms with E-state index in [0.29, 0.717) is 18.2 Å². The standard InChI is InChI=1S/C18H15S.C15H12O2.C11H17F3O4.C9H8.C6H4F6O2.C6H5F5O5S/c1-4-10-16(11-5-1)19(17-12-6-2-7-13-17)18-14-8-3-9-15-18;1-2-12-8-10-14(11-9-12)17-15(16)13-6-4-3-5-7-13;1-4-18-9(15)8(2)7-17-6-5-10(3,16)11(12,13)14;1-2-5-9-7-3-6-8(9)4-1;1-2-3(13)14-4(5(7,8)9)6(10,11)12;1-2-3(12)16-4(5(7,8)9)6(10,11)17(13,14)15/h1-15H;2-11H,1H2;16H,2,4-7H2,1,3H3;1-6H,7H2;2,4H,1H2;2,4H,1H2,(H,13,14,15)/q+1;;;;;/p-1. The van der Waals surface area contributed by atoms with Crippen molar-refractivity contribution in [2.45, 2.75) is 89.1 Å². The quantitative estimate of drug-likeness (QED) is 0.0118. The van der Waals surface area contributed by atoms with E-state index < -0.39 is 82.2 Å². The number of ether oxygens (including phenoxy) is 5. The van der Waals surface area contributed by atoms with Crippen LogP contribution in [0.4, 0.5) is 61.5 Å². The summed E-state index contributed by atoms with van der Waals surface area (Å²) in [6, 6.07) is 56.7. The maximum absolute atomic E-state index is 12.7. The number of esters is 4. The van der Waals surface area contributed by atoms with Crippen LogP contribution in [0.1, 0.15) is 47.3 Å². The number of benzene rings is 6. The van der Waals surface area contributed by atoms with Gasteiger partial charge in [0.1, 0.15) is 5.75 Å². The highest BCUT2D eigenvalue weighted by Gasteiger charge is 2.63. The van der Waals surface area contributed by atoms with E-state index in [1.807, 2.05) is 18.2 Å². The predicted octanol–water partition coefficient (Wildman–Crippen LogP) is 15.4. The highest BCUT2D eigenvalue weighted by Crippen LogP contribution is 2.39. The molecule has 1 N–H and O–H groups in total. The third-order valence-corrected chi connectivity index (χ3v) is 14.6. The van der Waals surface area contributed by atoms with Crippen molar-refractivity contribution < 1.29 is 122 Å². The van der Waals surface area contributed by atoms with Crippen molar-refractivity contribution in [1.82, 2.24) is 0 Å². The van der Waals surface area contributed by atoms with Gasteiger partial charge in [-0.15, -0.1) is 0 Å². The smallest absolute Gasteiger partial charge is 0.434 e. The number of alkyl halides is 14. The molecule has 0 saturated heterocycles. The van der Waals surface area contributed by atoms with Crippen LogP contribution in [-0.4, -0.2) is 110 Å². The average Bonchev–Trinajstić information content (AvgIpc) is 0.923. The molecular weight excluding hydrogens is 1320 g/mol. The molecule has 0 saturated carbocycles. The SMILES string of the molecule is C1=Cc2ccccc2C1.C=C(COCCC(C)(O)C(F)(F)F)C(=O)OCC.C=CC(=O)OC(C(F)(F)F)C(F)(F)F.C=CC(=O)OC(C(F)(F)F)C(F)(F)S(=O)(=O)[O-].C=Cc1ccc(OC(=O)c2ccccc2)cc1.c1ccc([S+](c2ccccc2)c2ccccc2)cc1. The Bertz CT molecular complexity index is 3400. The van der Waals surface area contributed by atoms with Crippen LogP contribution in [0.25, 0.3) is 12.2 Å². The van der Waals surface area contributed by atoms with E-state index in [0.717, 1.165) is 12.0 Å². The summed E-state index contributed by atoms with van der Waals surface area (Å²) in [7, 11) is -6.67. The number of carbonyl (C=O) groups is 4. The molecule has 1 aliphatic carbocycles. The molecule has 0 aromatic heterocycles. The number of hydrogen-bond donors (Lipinski definition) is 1. The molecule has 13 nitrogen and oxygen atoms in total. The summed E-state index contributed by atoms with van der Waals surface area (Å²) < 4.78 is 219. The molecule has 6 aromatic rings. The van der Waals surface area contributed by atoms with Gasteiger partial charge in [-0.25, -0.2) is 27.6 Å². The van der Waals surface area contributed by atoms with Gasteiger partial charge in [-0.3, -0.25) is 0 Å². The number of rotatable bonds is 19. The van der Waals surface area contributed by atoms with Gasteiger partial charge >= 0.3 is 53.8 Å². The minimum Gasteiger partial charge on any atom is -0.743 e. The fourth-order valence-electron chi connectivity index (χ4n) is 6.69. The van der Waals surface area contributed by atoms with Gasteiger partial charge in [0.05, 0.1) is 41.9 Å². The Kier molecular flexibility index (Phi) is 32.6. The second-order valence-corrected chi connectivity index (χ2v) is 22.1. The van der Waals surface area contributed by atoms with E-state index in [4.69, 9.17) is 14.6 Å². The lowest BCUT2D eigenvalue weighted by Gasteiger charge is -2.29. The van der Waals surface area contributed by atoms with Gasteiger partial charge in [0, 0.05) is 18.6 Å². The van der Waals surface area contributed by atoms with Crippen molar-refractivity contribution in [3.8, 4) is 5.75 Å². The summed E-state index contributed by atoms with van der Waals surface area (Å²) in [6.07, 6.45) is -23.6. The lowest BCUT2D eigenvalue weighted by Crippen LogP contribution is -2.52. The first-order valence-corrected chi connectivity index (χ1v) is 29.4. The van der Waals surface area contributed by atoms with E-state index in [9.17, 15) is 93.6 Å². The first-order chi connectivity index (χ1) is 43.7. The molecule has 7 rings (SSSR count). The van der Waals surface area contributed by atoms with Gasteiger partial charge in [0.15, 0.2) is 30.4 Å². The zero-order valence-electron chi connectivity index (χ0n) is 49.5. The Morgan fingerprint density at radius 3 is 1.41 bits per heavy atom. The molecule has 0 radical (unpaired) electrons. The van der Waals surface area contributed by atoms with Crippen LogP contribution >= 0.6 is 0 Å². The minimum atomic E-state index is -6.65.